The Bertz CT molecular complexity index is 751. The average Bonchev–Trinajstić information content (AvgIpc) is 2.91. The second-order valence-corrected chi connectivity index (χ2v) is 7.62. The van der Waals surface area contributed by atoms with Gasteiger partial charge in [-0.1, -0.05) is 24.6 Å². The molecule has 0 saturated heterocycles. The highest BCUT2D eigenvalue weighted by Crippen LogP contribution is 2.09. The van der Waals surface area contributed by atoms with E-state index in [1.807, 2.05) is 13.8 Å². The number of nitrogens with one attached hydrogen (secondary N) is 3. The van der Waals surface area contributed by atoms with Gasteiger partial charge < -0.3 is 10.3 Å². The summed E-state index contributed by atoms with van der Waals surface area (Å²) in [4.78, 5) is 8.05. The van der Waals surface area contributed by atoms with Gasteiger partial charge in [0.2, 0.25) is 10.0 Å². The number of aromatic nitrogens is 2. The second-order valence-electron chi connectivity index (χ2n) is 5.85. The van der Waals surface area contributed by atoms with Crippen LogP contribution < -0.4 is 10.0 Å². The van der Waals surface area contributed by atoms with Crippen molar-refractivity contribution >= 4 is 10.0 Å². The molecule has 0 aliphatic heterocycles. The first-order valence-corrected chi connectivity index (χ1v) is 9.72. The van der Waals surface area contributed by atoms with Crippen molar-refractivity contribution in [1.29, 1.82) is 0 Å². The first-order valence-electron chi connectivity index (χ1n) is 8.24. The van der Waals surface area contributed by atoms with E-state index in [4.69, 9.17) is 0 Å². The number of nitrogens with zero attached hydrogens (tertiary/aromatic N) is 1. The smallest absolute Gasteiger partial charge is 0.240 e. The number of H-pyrrole nitrogens is 1. The van der Waals surface area contributed by atoms with Gasteiger partial charge in [0.15, 0.2) is 0 Å². The molecule has 0 fully saturated rings. The molecule has 0 amide bonds. The van der Waals surface area contributed by atoms with E-state index in [0.717, 1.165) is 42.2 Å². The van der Waals surface area contributed by atoms with Crippen LogP contribution >= 0.6 is 0 Å². The number of rotatable bonds is 9. The van der Waals surface area contributed by atoms with Crippen LogP contribution in [-0.4, -0.2) is 31.5 Å². The highest BCUT2D eigenvalue weighted by Gasteiger charge is 2.12. The Labute approximate surface area is 144 Å². The number of aryl methyl sites for hydroxylation is 3. The average molecular weight is 350 g/mol. The third-order valence-electron chi connectivity index (χ3n) is 3.82. The molecular weight excluding hydrogens is 324 g/mol. The molecule has 0 bridgehead atoms. The molecule has 132 valence electrons. The Morgan fingerprint density at radius 3 is 2.46 bits per heavy atom. The van der Waals surface area contributed by atoms with Crippen LogP contribution in [0, 0.1) is 13.8 Å². The molecule has 6 nitrogen and oxygen atoms in total. The van der Waals surface area contributed by atoms with Gasteiger partial charge in [-0.15, -0.1) is 0 Å². The summed E-state index contributed by atoms with van der Waals surface area (Å²) in [6.45, 7) is 7.83. The SMILES string of the molecule is CCc1nc(CNCCCNS(=O)(=O)c2ccc(C)cc2)c(C)[nH]1. The predicted molar refractivity (Wildman–Crippen MR) is 95.4 cm³/mol. The molecule has 1 aromatic heterocycles. The van der Waals surface area contributed by atoms with Crippen molar-refractivity contribution in [2.45, 2.75) is 45.1 Å². The van der Waals surface area contributed by atoms with E-state index in [9.17, 15) is 8.42 Å². The molecule has 24 heavy (non-hydrogen) atoms. The Hall–Kier alpha value is -1.70. The minimum atomic E-state index is -3.42. The minimum absolute atomic E-state index is 0.306. The molecule has 0 aliphatic rings. The zero-order chi connectivity index (χ0) is 17.6. The lowest BCUT2D eigenvalue weighted by molar-refractivity contribution is 0.573. The van der Waals surface area contributed by atoms with Crippen LogP contribution in [0.4, 0.5) is 0 Å². The second kappa shape index (κ2) is 8.41. The lowest BCUT2D eigenvalue weighted by Gasteiger charge is -2.07. The number of aromatic amines is 1. The molecule has 2 rings (SSSR count). The molecule has 0 aliphatic carbocycles. The number of sulfonamides is 1. The topological polar surface area (TPSA) is 86.9 Å². The number of hydrogen-bond donors (Lipinski definition) is 3. The number of benzene rings is 1. The van der Waals surface area contributed by atoms with Crippen LogP contribution in [0.15, 0.2) is 29.2 Å². The summed E-state index contributed by atoms with van der Waals surface area (Å²) in [5, 5.41) is 3.30. The van der Waals surface area contributed by atoms with Gasteiger partial charge in [-0.2, -0.15) is 0 Å². The van der Waals surface area contributed by atoms with Crippen LogP contribution in [0.5, 0.6) is 0 Å². The molecule has 0 radical (unpaired) electrons. The summed E-state index contributed by atoms with van der Waals surface area (Å²) < 4.78 is 26.9. The van der Waals surface area contributed by atoms with Gasteiger partial charge in [0, 0.05) is 25.2 Å². The maximum Gasteiger partial charge on any atom is 0.240 e. The zero-order valence-corrected chi connectivity index (χ0v) is 15.3. The summed E-state index contributed by atoms with van der Waals surface area (Å²) >= 11 is 0. The van der Waals surface area contributed by atoms with E-state index < -0.39 is 10.0 Å². The van der Waals surface area contributed by atoms with Gasteiger partial charge >= 0.3 is 0 Å². The Balaban J connectivity index is 1.71. The molecular formula is C17H26N4O2S. The van der Waals surface area contributed by atoms with Crippen LogP contribution in [0.2, 0.25) is 0 Å². The highest BCUT2D eigenvalue weighted by molar-refractivity contribution is 7.89. The normalized spacial score (nSPS) is 11.8. The molecule has 7 heteroatoms. The van der Waals surface area contributed by atoms with E-state index >= 15 is 0 Å². The largest absolute Gasteiger partial charge is 0.346 e. The summed E-state index contributed by atoms with van der Waals surface area (Å²) in [6.07, 6.45) is 1.61. The fourth-order valence-electron chi connectivity index (χ4n) is 2.33. The van der Waals surface area contributed by atoms with Crippen LogP contribution in [0.1, 0.15) is 36.1 Å². The van der Waals surface area contributed by atoms with Crippen LogP contribution in [-0.2, 0) is 23.0 Å². The Morgan fingerprint density at radius 1 is 1.12 bits per heavy atom. The van der Waals surface area contributed by atoms with Crippen molar-refractivity contribution in [1.82, 2.24) is 20.0 Å². The van der Waals surface area contributed by atoms with Crippen molar-refractivity contribution in [3.8, 4) is 0 Å². The molecule has 3 N–H and O–H groups in total. The van der Waals surface area contributed by atoms with E-state index in [1.54, 1.807) is 24.3 Å². The Kier molecular flexibility index (Phi) is 6.53. The number of hydrogen-bond acceptors (Lipinski definition) is 4. The number of imidazole rings is 1. The predicted octanol–water partition coefficient (Wildman–Crippen LogP) is 2.05. The summed E-state index contributed by atoms with van der Waals surface area (Å²) in [5.74, 6) is 0.996. The molecule has 0 unspecified atom stereocenters. The van der Waals surface area contributed by atoms with Gasteiger partial charge in [0.1, 0.15) is 5.82 Å². The Morgan fingerprint density at radius 2 is 1.83 bits per heavy atom. The van der Waals surface area contributed by atoms with E-state index in [1.165, 1.54) is 0 Å². The van der Waals surface area contributed by atoms with Gasteiger partial charge in [-0.3, -0.25) is 0 Å². The highest BCUT2D eigenvalue weighted by atomic mass is 32.2. The minimum Gasteiger partial charge on any atom is -0.346 e. The third kappa shape index (κ3) is 5.15. The van der Waals surface area contributed by atoms with Crippen LogP contribution in [0.3, 0.4) is 0 Å². The lowest BCUT2D eigenvalue weighted by Crippen LogP contribution is -2.27. The van der Waals surface area contributed by atoms with Crippen molar-refractivity contribution in [3.05, 3.63) is 47.0 Å². The summed E-state index contributed by atoms with van der Waals surface area (Å²) in [7, 11) is -3.42. The van der Waals surface area contributed by atoms with E-state index in [0.29, 0.717) is 18.0 Å². The fourth-order valence-corrected chi connectivity index (χ4v) is 3.40. The standard InChI is InChI=1S/C17H26N4O2S/c1-4-17-20-14(3)16(21-17)12-18-10-5-11-19-24(22,23)15-8-6-13(2)7-9-15/h6-9,18-19H,4-5,10-12H2,1-3H3,(H,20,21). The molecule has 0 saturated carbocycles. The molecule has 1 heterocycles. The third-order valence-corrected chi connectivity index (χ3v) is 5.29. The van der Waals surface area contributed by atoms with Crippen molar-refractivity contribution < 1.29 is 8.42 Å². The van der Waals surface area contributed by atoms with Crippen LogP contribution in [0.25, 0.3) is 0 Å². The summed E-state index contributed by atoms with van der Waals surface area (Å²) in [5.41, 5.74) is 3.14. The van der Waals surface area contributed by atoms with Gasteiger partial charge in [-0.05, 0) is 38.9 Å². The van der Waals surface area contributed by atoms with Crippen molar-refractivity contribution in [3.63, 3.8) is 0 Å². The molecule has 1 aromatic carbocycles. The quantitative estimate of drug-likeness (QED) is 0.604. The summed E-state index contributed by atoms with van der Waals surface area (Å²) in [6, 6.07) is 6.85. The van der Waals surface area contributed by atoms with Crippen molar-refractivity contribution in [2.75, 3.05) is 13.1 Å². The van der Waals surface area contributed by atoms with Gasteiger partial charge in [0.25, 0.3) is 0 Å². The molecule has 2 aromatic rings. The molecule has 0 spiro atoms. The first kappa shape index (κ1) is 18.6. The lowest BCUT2D eigenvalue weighted by atomic mass is 10.2. The maximum absolute atomic E-state index is 12.1. The maximum atomic E-state index is 12.1. The molecule has 0 atom stereocenters. The van der Waals surface area contributed by atoms with E-state index in [2.05, 4.69) is 26.9 Å². The zero-order valence-electron chi connectivity index (χ0n) is 14.5. The fraction of sp³-hybridized carbons (Fsp3) is 0.471. The van der Waals surface area contributed by atoms with Gasteiger partial charge in [-0.25, -0.2) is 18.1 Å². The van der Waals surface area contributed by atoms with E-state index in [-0.39, 0.29) is 0 Å². The first-order chi connectivity index (χ1) is 11.4. The van der Waals surface area contributed by atoms with Crippen molar-refractivity contribution in [2.24, 2.45) is 0 Å². The van der Waals surface area contributed by atoms with Gasteiger partial charge in [0.05, 0.1) is 10.6 Å². The monoisotopic (exact) mass is 350 g/mol.